The fourth-order valence-electron chi connectivity index (χ4n) is 2.11. The molecule has 0 amide bonds. The molecule has 1 aromatic heterocycles. The Hall–Kier alpha value is -1.44. The zero-order chi connectivity index (χ0) is 15.9. The molecule has 0 saturated heterocycles. The van der Waals surface area contributed by atoms with Crippen LogP contribution in [-0.4, -0.2) is 13.0 Å². The predicted octanol–water partition coefficient (Wildman–Crippen LogP) is 3.60. The van der Waals surface area contributed by atoms with E-state index < -0.39 is 10.0 Å². The van der Waals surface area contributed by atoms with E-state index in [1.165, 1.54) is 11.3 Å². The molecule has 0 N–H and O–H groups in total. The Kier molecular flexibility index (Phi) is 3.96. The van der Waals surface area contributed by atoms with E-state index in [0.717, 1.165) is 20.3 Å². The smallest absolute Gasteiger partial charge is 0.285 e. The number of para-hydroxylation sites is 1. The highest BCUT2D eigenvalue weighted by atomic mass is 79.9. The molecule has 22 heavy (non-hydrogen) atoms. The zero-order valence-electron chi connectivity index (χ0n) is 11.9. The Morgan fingerprint density at radius 2 is 1.82 bits per heavy atom. The van der Waals surface area contributed by atoms with E-state index >= 15 is 0 Å². The summed E-state index contributed by atoms with van der Waals surface area (Å²) in [6.07, 6.45) is 0. The van der Waals surface area contributed by atoms with Crippen molar-refractivity contribution in [2.75, 3.05) is 0 Å². The number of fused-ring (bicyclic) bond motifs is 1. The van der Waals surface area contributed by atoms with E-state index in [0.29, 0.717) is 4.80 Å². The van der Waals surface area contributed by atoms with Crippen LogP contribution in [0.1, 0.15) is 5.56 Å². The lowest BCUT2D eigenvalue weighted by Gasteiger charge is -2.00. The first-order chi connectivity index (χ1) is 10.4. The molecule has 7 heteroatoms. The molecule has 0 aliphatic carbocycles. The van der Waals surface area contributed by atoms with Gasteiger partial charge in [-0.2, -0.15) is 8.42 Å². The quantitative estimate of drug-likeness (QED) is 0.664. The lowest BCUT2D eigenvalue weighted by molar-refractivity contribution is 0.596. The van der Waals surface area contributed by atoms with Crippen LogP contribution in [0.3, 0.4) is 0 Å². The van der Waals surface area contributed by atoms with E-state index in [1.807, 2.05) is 32.2 Å². The largest absolute Gasteiger partial charge is 0.318 e. The van der Waals surface area contributed by atoms with Gasteiger partial charge in [-0.25, -0.2) is 0 Å². The van der Waals surface area contributed by atoms with Gasteiger partial charge in [0.2, 0.25) is 4.80 Å². The van der Waals surface area contributed by atoms with E-state index in [-0.39, 0.29) is 4.90 Å². The third kappa shape index (κ3) is 2.76. The molecule has 4 nitrogen and oxygen atoms in total. The average Bonchev–Trinajstić information content (AvgIpc) is 2.76. The molecule has 0 aliphatic rings. The van der Waals surface area contributed by atoms with Crippen LogP contribution in [0.15, 0.2) is 56.2 Å². The molecule has 3 rings (SSSR count). The Morgan fingerprint density at radius 1 is 1.14 bits per heavy atom. The molecule has 0 atom stereocenters. The van der Waals surface area contributed by atoms with Crippen LogP contribution in [0.2, 0.25) is 0 Å². The van der Waals surface area contributed by atoms with Crippen molar-refractivity contribution in [3.63, 3.8) is 0 Å². The molecule has 2 aromatic carbocycles. The minimum Gasteiger partial charge on any atom is -0.318 e. The number of hydrogen-bond acceptors (Lipinski definition) is 3. The number of hydrogen-bond donors (Lipinski definition) is 0. The summed E-state index contributed by atoms with van der Waals surface area (Å²) in [5.41, 5.74) is 1.95. The van der Waals surface area contributed by atoms with Gasteiger partial charge >= 0.3 is 0 Å². The molecule has 0 bridgehead atoms. The maximum atomic E-state index is 12.4. The highest BCUT2D eigenvalue weighted by molar-refractivity contribution is 9.10. The summed E-state index contributed by atoms with van der Waals surface area (Å²) in [6, 6.07) is 12.5. The van der Waals surface area contributed by atoms with Gasteiger partial charge in [0.15, 0.2) is 0 Å². The van der Waals surface area contributed by atoms with Crippen molar-refractivity contribution in [3.05, 3.63) is 57.3 Å². The normalized spacial score (nSPS) is 13.0. The summed E-state index contributed by atoms with van der Waals surface area (Å²) in [6.45, 7) is 1.91. The van der Waals surface area contributed by atoms with E-state index in [4.69, 9.17) is 0 Å². The summed E-state index contributed by atoms with van der Waals surface area (Å²) in [5.74, 6) is 0. The first-order valence-corrected chi connectivity index (χ1v) is 9.55. The van der Waals surface area contributed by atoms with Crippen molar-refractivity contribution < 1.29 is 8.42 Å². The summed E-state index contributed by atoms with van der Waals surface area (Å²) in [7, 11) is -1.90. The summed E-state index contributed by atoms with van der Waals surface area (Å²) in [5, 5.41) is 0. The molecular weight excluding hydrogens is 384 g/mol. The molecule has 114 valence electrons. The fraction of sp³-hybridized carbons (Fsp3) is 0.133. The van der Waals surface area contributed by atoms with Crippen molar-refractivity contribution in [2.45, 2.75) is 11.8 Å². The number of rotatable bonds is 2. The van der Waals surface area contributed by atoms with Gasteiger partial charge in [0.05, 0.1) is 15.1 Å². The third-order valence-electron chi connectivity index (χ3n) is 3.29. The molecule has 1 heterocycles. The molecule has 0 fully saturated rings. The molecule has 0 aliphatic heterocycles. The van der Waals surface area contributed by atoms with Gasteiger partial charge in [-0.15, -0.1) is 4.40 Å². The Morgan fingerprint density at radius 3 is 2.45 bits per heavy atom. The van der Waals surface area contributed by atoms with Crippen LogP contribution in [0.25, 0.3) is 10.2 Å². The van der Waals surface area contributed by atoms with Gasteiger partial charge in [-0.3, -0.25) is 0 Å². The lowest BCUT2D eigenvalue weighted by atomic mass is 10.2. The first kappa shape index (κ1) is 15.5. The SMILES string of the molecule is Cc1ccc(S(=O)(=O)N=c2sc3cccc(Br)c3n2C)cc1. The van der Waals surface area contributed by atoms with E-state index in [1.54, 1.807) is 28.8 Å². The van der Waals surface area contributed by atoms with E-state index in [9.17, 15) is 8.42 Å². The van der Waals surface area contributed by atoms with Crippen molar-refractivity contribution in [1.29, 1.82) is 0 Å². The Bertz CT molecular complexity index is 1020. The highest BCUT2D eigenvalue weighted by Crippen LogP contribution is 2.25. The van der Waals surface area contributed by atoms with Crippen LogP contribution < -0.4 is 4.80 Å². The standard InChI is InChI=1S/C15H13BrN2O2S2/c1-10-6-8-11(9-7-10)22(19,20)17-15-18(2)14-12(16)4-3-5-13(14)21-15/h3-9H,1-2H3. The number of thiazole rings is 1. The summed E-state index contributed by atoms with van der Waals surface area (Å²) < 4.78 is 32.6. The van der Waals surface area contributed by atoms with E-state index in [2.05, 4.69) is 20.3 Å². The fourth-order valence-corrected chi connectivity index (χ4v) is 5.15. The lowest BCUT2D eigenvalue weighted by Crippen LogP contribution is -2.13. The molecule has 3 aromatic rings. The zero-order valence-corrected chi connectivity index (χ0v) is 15.2. The van der Waals surface area contributed by atoms with Crippen LogP contribution >= 0.6 is 27.3 Å². The number of nitrogens with zero attached hydrogens (tertiary/aromatic N) is 2. The van der Waals surface area contributed by atoms with Gasteiger partial charge in [0.25, 0.3) is 10.0 Å². The second-order valence-electron chi connectivity index (χ2n) is 4.91. The number of aromatic nitrogens is 1. The van der Waals surface area contributed by atoms with Crippen molar-refractivity contribution in [2.24, 2.45) is 11.4 Å². The highest BCUT2D eigenvalue weighted by Gasteiger charge is 2.14. The minimum atomic E-state index is -3.71. The van der Waals surface area contributed by atoms with Gasteiger partial charge in [0.1, 0.15) is 0 Å². The molecule has 0 saturated carbocycles. The minimum absolute atomic E-state index is 0.203. The maximum Gasteiger partial charge on any atom is 0.285 e. The van der Waals surface area contributed by atoms with Crippen molar-refractivity contribution in [3.8, 4) is 0 Å². The number of halogens is 1. The van der Waals surface area contributed by atoms with Gasteiger partial charge in [-0.1, -0.05) is 35.1 Å². The topological polar surface area (TPSA) is 51.4 Å². The monoisotopic (exact) mass is 396 g/mol. The van der Waals surface area contributed by atoms with Gasteiger partial charge < -0.3 is 4.57 Å². The molecule has 0 radical (unpaired) electrons. The predicted molar refractivity (Wildman–Crippen MR) is 92.4 cm³/mol. The molecule has 0 spiro atoms. The van der Waals surface area contributed by atoms with Gasteiger partial charge in [-0.05, 0) is 47.1 Å². The third-order valence-corrected chi connectivity index (χ3v) is 6.42. The van der Waals surface area contributed by atoms with Crippen molar-refractivity contribution >= 4 is 47.5 Å². The summed E-state index contributed by atoms with van der Waals surface area (Å²) in [4.78, 5) is 0.650. The first-order valence-electron chi connectivity index (χ1n) is 6.50. The van der Waals surface area contributed by atoms with Crippen LogP contribution in [-0.2, 0) is 17.1 Å². The Balaban J connectivity index is 2.22. The second kappa shape index (κ2) is 5.64. The molecular formula is C15H13BrN2O2S2. The number of aryl methyl sites for hydroxylation is 2. The van der Waals surface area contributed by atoms with Crippen LogP contribution in [0.5, 0.6) is 0 Å². The molecule has 0 unspecified atom stereocenters. The van der Waals surface area contributed by atoms with Crippen LogP contribution in [0.4, 0.5) is 0 Å². The Labute approximate surface area is 140 Å². The van der Waals surface area contributed by atoms with Crippen molar-refractivity contribution in [1.82, 2.24) is 4.57 Å². The second-order valence-corrected chi connectivity index (χ2v) is 8.38. The number of sulfonamides is 1. The number of benzene rings is 2. The maximum absolute atomic E-state index is 12.4. The van der Waals surface area contributed by atoms with Crippen LogP contribution in [0, 0.1) is 6.92 Å². The average molecular weight is 397 g/mol. The van der Waals surface area contributed by atoms with Gasteiger partial charge in [0, 0.05) is 11.5 Å². The summed E-state index contributed by atoms with van der Waals surface area (Å²) >= 11 is 4.84.